The molecule has 0 saturated heterocycles. The molecule has 1 amide bonds. The standard InChI is InChI=1S/C19H25NOS/c1-15(2)14-18(16-8-4-3-5-9-16)20-19(21)12-6-10-17-11-7-13-22-17/h3-5,7-9,11,13,15,18H,6,10,12,14H2,1-2H3,(H,20,21). The normalized spacial score (nSPS) is 12.3. The van der Waals surface area contributed by atoms with E-state index in [-0.39, 0.29) is 11.9 Å². The van der Waals surface area contributed by atoms with Gasteiger partial charge in [-0.2, -0.15) is 0 Å². The van der Waals surface area contributed by atoms with Gasteiger partial charge in [-0.3, -0.25) is 4.79 Å². The summed E-state index contributed by atoms with van der Waals surface area (Å²) in [6.45, 7) is 4.39. The van der Waals surface area contributed by atoms with Crippen molar-refractivity contribution in [3.05, 3.63) is 58.3 Å². The molecule has 1 aromatic carbocycles. The molecule has 0 spiro atoms. The van der Waals surface area contributed by atoms with E-state index in [0.717, 1.165) is 19.3 Å². The van der Waals surface area contributed by atoms with Crippen molar-refractivity contribution in [1.82, 2.24) is 5.32 Å². The predicted octanol–water partition coefficient (Wildman–Crippen LogP) is 4.97. The number of nitrogens with one attached hydrogen (secondary N) is 1. The van der Waals surface area contributed by atoms with Gasteiger partial charge in [0.05, 0.1) is 6.04 Å². The Hall–Kier alpha value is -1.61. The summed E-state index contributed by atoms with van der Waals surface area (Å²) in [7, 11) is 0. The van der Waals surface area contributed by atoms with Gasteiger partial charge < -0.3 is 5.32 Å². The van der Waals surface area contributed by atoms with Crippen molar-refractivity contribution < 1.29 is 4.79 Å². The van der Waals surface area contributed by atoms with Gasteiger partial charge in [0.25, 0.3) is 0 Å². The van der Waals surface area contributed by atoms with Gasteiger partial charge in [-0.1, -0.05) is 50.2 Å². The first kappa shape index (κ1) is 16.8. The summed E-state index contributed by atoms with van der Waals surface area (Å²) in [5.74, 6) is 0.711. The van der Waals surface area contributed by atoms with Crippen molar-refractivity contribution in [2.75, 3.05) is 0 Å². The van der Waals surface area contributed by atoms with Gasteiger partial charge in [0, 0.05) is 11.3 Å². The molecule has 0 fully saturated rings. The average molecular weight is 315 g/mol. The molecule has 0 aliphatic rings. The summed E-state index contributed by atoms with van der Waals surface area (Å²) in [6, 6.07) is 14.6. The van der Waals surface area contributed by atoms with Crippen LogP contribution in [0.15, 0.2) is 47.8 Å². The lowest BCUT2D eigenvalue weighted by molar-refractivity contribution is -0.122. The zero-order valence-electron chi connectivity index (χ0n) is 13.4. The lowest BCUT2D eigenvalue weighted by Crippen LogP contribution is -2.29. The van der Waals surface area contributed by atoms with Crippen molar-refractivity contribution in [3.8, 4) is 0 Å². The predicted molar refractivity (Wildman–Crippen MR) is 94.0 cm³/mol. The smallest absolute Gasteiger partial charge is 0.220 e. The van der Waals surface area contributed by atoms with Crippen molar-refractivity contribution in [2.45, 2.75) is 45.6 Å². The second kappa shape index (κ2) is 8.74. The van der Waals surface area contributed by atoms with Gasteiger partial charge >= 0.3 is 0 Å². The quantitative estimate of drug-likeness (QED) is 0.732. The molecule has 2 rings (SSSR count). The van der Waals surface area contributed by atoms with Crippen molar-refractivity contribution >= 4 is 17.2 Å². The zero-order chi connectivity index (χ0) is 15.8. The molecule has 1 N–H and O–H groups in total. The molecule has 22 heavy (non-hydrogen) atoms. The Morgan fingerprint density at radius 3 is 2.55 bits per heavy atom. The summed E-state index contributed by atoms with van der Waals surface area (Å²) in [4.78, 5) is 13.6. The maximum atomic E-state index is 12.2. The summed E-state index contributed by atoms with van der Waals surface area (Å²) < 4.78 is 0. The van der Waals surface area contributed by atoms with Crippen molar-refractivity contribution in [1.29, 1.82) is 0 Å². The largest absolute Gasteiger partial charge is 0.349 e. The van der Waals surface area contributed by atoms with Crippen LogP contribution in [0.5, 0.6) is 0 Å². The Morgan fingerprint density at radius 2 is 1.91 bits per heavy atom. The van der Waals surface area contributed by atoms with Crippen LogP contribution in [-0.4, -0.2) is 5.91 Å². The fraction of sp³-hybridized carbons (Fsp3) is 0.421. The SMILES string of the molecule is CC(C)CC(NC(=O)CCCc1cccs1)c1ccccc1. The fourth-order valence-corrected chi connectivity index (χ4v) is 3.33. The molecule has 118 valence electrons. The first-order valence-electron chi connectivity index (χ1n) is 8.02. The minimum absolute atomic E-state index is 0.121. The van der Waals surface area contributed by atoms with E-state index in [0.29, 0.717) is 12.3 Å². The highest BCUT2D eigenvalue weighted by molar-refractivity contribution is 7.09. The van der Waals surface area contributed by atoms with Crippen LogP contribution in [0.2, 0.25) is 0 Å². The van der Waals surface area contributed by atoms with Gasteiger partial charge in [-0.25, -0.2) is 0 Å². The molecule has 2 nitrogen and oxygen atoms in total. The Labute approximate surface area is 137 Å². The molecular formula is C19H25NOS. The number of carbonyl (C=O) groups is 1. The number of carbonyl (C=O) groups excluding carboxylic acids is 1. The Balaban J connectivity index is 1.85. The maximum Gasteiger partial charge on any atom is 0.220 e. The Morgan fingerprint density at radius 1 is 1.14 bits per heavy atom. The molecule has 3 heteroatoms. The Kier molecular flexibility index (Phi) is 6.66. The van der Waals surface area contributed by atoms with Crippen LogP contribution in [0.1, 0.15) is 49.6 Å². The fourth-order valence-electron chi connectivity index (χ4n) is 2.58. The third-order valence-electron chi connectivity index (χ3n) is 3.65. The highest BCUT2D eigenvalue weighted by atomic mass is 32.1. The Bertz CT molecular complexity index is 548. The highest BCUT2D eigenvalue weighted by Crippen LogP contribution is 2.21. The molecule has 0 bridgehead atoms. The number of amides is 1. The monoisotopic (exact) mass is 315 g/mol. The number of hydrogen-bond donors (Lipinski definition) is 1. The van der Waals surface area contributed by atoms with E-state index in [2.05, 4.69) is 48.8 Å². The molecule has 1 heterocycles. The van der Waals surface area contributed by atoms with Crippen LogP contribution < -0.4 is 5.32 Å². The van der Waals surface area contributed by atoms with Crippen LogP contribution >= 0.6 is 11.3 Å². The van der Waals surface area contributed by atoms with Gasteiger partial charge in [0.1, 0.15) is 0 Å². The van der Waals surface area contributed by atoms with Crippen molar-refractivity contribution in [2.24, 2.45) is 5.92 Å². The lowest BCUT2D eigenvalue weighted by Gasteiger charge is -2.21. The van der Waals surface area contributed by atoms with Crippen LogP contribution in [0.4, 0.5) is 0 Å². The van der Waals surface area contributed by atoms with E-state index in [1.54, 1.807) is 11.3 Å². The number of rotatable bonds is 8. The van der Waals surface area contributed by atoms with Gasteiger partial charge in [0.15, 0.2) is 0 Å². The summed E-state index contributed by atoms with van der Waals surface area (Å²) in [6.07, 6.45) is 3.47. The second-order valence-electron chi connectivity index (χ2n) is 6.09. The molecule has 0 aliphatic heterocycles. The average Bonchev–Trinajstić information content (AvgIpc) is 3.00. The van der Waals surface area contributed by atoms with Crippen LogP contribution in [-0.2, 0) is 11.2 Å². The summed E-state index contributed by atoms with van der Waals surface area (Å²) in [5, 5.41) is 5.30. The summed E-state index contributed by atoms with van der Waals surface area (Å²) in [5.41, 5.74) is 1.20. The molecule has 1 unspecified atom stereocenters. The minimum Gasteiger partial charge on any atom is -0.349 e. The number of benzene rings is 1. The zero-order valence-corrected chi connectivity index (χ0v) is 14.2. The van der Waals surface area contributed by atoms with E-state index in [9.17, 15) is 4.79 Å². The van der Waals surface area contributed by atoms with E-state index in [1.807, 2.05) is 18.2 Å². The van der Waals surface area contributed by atoms with E-state index < -0.39 is 0 Å². The van der Waals surface area contributed by atoms with Gasteiger partial charge in [-0.05, 0) is 42.2 Å². The van der Waals surface area contributed by atoms with Gasteiger partial charge in [-0.15, -0.1) is 11.3 Å². The topological polar surface area (TPSA) is 29.1 Å². The van der Waals surface area contributed by atoms with Crippen molar-refractivity contribution in [3.63, 3.8) is 0 Å². The lowest BCUT2D eigenvalue weighted by atomic mass is 9.97. The van der Waals surface area contributed by atoms with Crippen LogP contribution in [0, 0.1) is 5.92 Å². The van der Waals surface area contributed by atoms with E-state index in [1.165, 1.54) is 10.4 Å². The molecule has 0 aliphatic carbocycles. The second-order valence-corrected chi connectivity index (χ2v) is 7.13. The van der Waals surface area contributed by atoms with Crippen LogP contribution in [0.25, 0.3) is 0 Å². The summed E-state index contributed by atoms with van der Waals surface area (Å²) >= 11 is 1.76. The molecule has 1 atom stereocenters. The number of hydrogen-bond acceptors (Lipinski definition) is 2. The number of thiophene rings is 1. The third-order valence-corrected chi connectivity index (χ3v) is 4.59. The molecule has 0 radical (unpaired) electrons. The minimum atomic E-state index is 0.121. The first-order valence-corrected chi connectivity index (χ1v) is 8.90. The first-order chi connectivity index (χ1) is 10.6. The molecule has 2 aromatic rings. The number of aryl methyl sites for hydroxylation is 1. The molecular weight excluding hydrogens is 290 g/mol. The highest BCUT2D eigenvalue weighted by Gasteiger charge is 2.15. The maximum absolute atomic E-state index is 12.2. The van der Waals surface area contributed by atoms with Gasteiger partial charge in [0.2, 0.25) is 5.91 Å². The van der Waals surface area contributed by atoms with E-state index in [4.69, 9.17) is 0 Å². The third kappa shape index (κ3) is 5.64. The molecule has 1 aromatic heterocycles. The van der Waals surface area contributed by atoms with E-state index >= 15 is 0 Å². The van der Waals surface area contributed by atoms with Crippen LogP contribution in [0.3, 0.4) is 0 Å². The molecule has 0 saturated carbocycles.